The molecule has 4 heteroatoms. The number of unbranched alkanes of at least 4 members (excludes halogenated alkanes) is 1. The van der Waals surface area contributed by atoms with Crippen LogP contribution in [-0.2, 0) is 6.42 Å². The fourth-order valence-electron chi connectivity index (χ4n) is 2.58. The van der Waals surface area contributed by atoms with Crippen molar-refractivity contribution in [3.63, 3.8) is 0 Å². The molecule has 0 atom stereocenters. The van der Waals surface area contributed by atoms with Gasteiger partial charge < -0.3 is 15.4 Å². The largest absolute Gasteiger partial charge is 0.497 e. The lowest BCUT2D eigenvalue weighted by Crippen LogP contribution is -2.36. The van der Waals surface area contributed by atoms with E-state index in [2.05, 4.69) is 47.9 Å². The van der Waals surface area contributed by atoms with E-state index >= 15 is 0 Å². The molecule has 0 aliphatic heterocycles. The summed E-state index contributed by atoms with van der Waals surface area (Å²) < 4.78 is 5.32. The number of nitrogens with one attached hydrogen (secondary N) is 2. The highest BCUT2D eigenvalue weighted by molar-refractivity contribution is 5.87. The number of amides is 2. The number of fused-ring (bicyclic) bond motifs is 1. The maximum absolute atomic E-state index is 11.6. The van der Waals surface area contributed by atoms with Crippen molar-refractivity contribution in [2.24, 2.45) is 0 Å². The first-order chi connectivity index (χ1) is 11.2. The Morgan fingerprint density at radius 2 is 1.87 bits per heavy atom. The van der Waals surface area contributed by atoms with Gasteiger partial charge >= 0.3 is 6.03 Å². The van der Waals surface area contributed by atoms with Gasteiger partial charge in [-0.3, -0.25) is 0 Å². The SMILES string of the molecule is CCCCNC(=O)NCCCc1cccc2ccc(OC)cc12. The third-order valence-electron chi connectivity index (χ3n) is 3.90. The summed E-state index contributed by atoms with van der Waals surface area (Å²) in [5, 5.41) is 8.21. The molecule has 0 unspecified atom stereocenters. The monoisotopic (exact) mass is 314 g/mol. The molecule has 0 spiro atoms. The Hall–Kier alpha value is -2.23. The number of benzene rings is 2. The number of hydrogen-bond donors (Lipinski definition) is 2. The van der Waals surface area contributed by atoms with Crippen LogP contribution < -0.4 is 15.4 Å². The van der Waals surface area contributed by atoms with Crippen LogP contribution in [0.2, 0.25) is 0 Å². The summed E-state index contributed by atoms with van der Waals surface area (Å²) >= 11 is 0. The first-order valence-electron chi connectivity index (χ1n) is 8.32. The fourth-order valence-corrected chi connectivity index (χ4v) is 2.58. The molecule has 0 saturated heterocycles. The Morgan fingerprint density at radius 1 is 1.09 bits per heavy atom. The molecule has 0 fully saturated rings. The Labute approximate surface area is 138 Å². The number of urea groups is 1. The number of ether oxygens (including phenoxy) is 1. The highest BCUT2D eigenvalue weighted by Crippen LogP contribution is 2.24. The smallest absolute Gasteiger partial charge is 0.314 e. The standard InChI is InChI=1S/C19H26N2O2/c1-3-4-12-20-19(22)21-13-6-9-15-7-5-8-16-10-11-17(23-2)14-18(15)16/h5,7-8,10-11,14H,3-4,6,9,12-13H2,1-2H3,(H2,20,21,22). The molecule has 2 rings (SSSR count). The van der Waals surface area contributed by atoms with E-state index < -0.39 is 0 Å². The van der Waals surface area contributed by atoms with Crippen molar-refractivity contribution in [3.05, 3.63) is 42.0 Å². The van der Waals surface area contributed by atoms with Gasteiger partial charge in [-0.15, -0.1) is 0 Å². The highest BCUT2D eigenvalue weighted by atomic mass is 16.5. The summed E-state index contributed by atoms with van der Waals surface area (Å²) in [4.78, 5) is 11.6. The van der Waals surface area contributed by atoms with Crippen LogP contribution in [0.1, 0.15) is 31.7 Å². The second-order valence-corrected chi connectivity index (χ2v) is 5.64. The van der Waals surface area contributed by atoms with Gasteiger partial charge in [0, 0.05) is 13.1 Å². The van der Waals surface area contributed by atoms with Crippen LogP contribution in [0.3, 0.4) is 0 Å². The normalized spacial score (nSPS) is 10.5. The van der Waals surface area contributed by atoms with Crippen LogP contribution in [-0.4, -0.2) is 26.2 Å². The van der Waals surface area contributed by atoms with E-state index in [1.165, 1.54) is 16.3 Å². The Kier molecular flexibility index (Phi) is 6.73. The van der Waals surface area contributed by atoms with Gasteiger partial charge in [0.25, 0.3) is 0 Å². The van der Waals surface area contributed by atoms with Crippen molar-refractivity contribution in [1.29, 1.82) is 0 Å². The number of aryl methyl sites for hydroxylation is 1. The molecular formula is C19H26N2O2. The average molecular weight is 314 g/mol. The van der Waals surface area contributed by atoms with E-state index in [1.54, 1.807) is 7.11 Å². The number of carbonyl (C=O) groups is 1. The van der Waals surface area contributed by atoms with Crippen molar-refractivity contribution < 1.29 is 9.53 Å². The molecule has 0 aliphatic rings. The molecular weight excluding hydrogens is 288 g/mol. The molecule has 0 radical (unpaired) electrons. The molecule has 2 aromatic rings. The highest BCUT2D eigenvalue weighted by Gasteiger charge is 2.04. The van der Waals surface area contributed by atoms with Gasteiger partial charge in [-0.1, -0.05) is 37.6 Å². The minimum absolute atomic E-state index is 0.0713. The van der Waals surface area contributed by atoms with E-state index in [0.717, 1.165) is 38.0 Å². The van der Waals surface area contributed by atoms with Gasteiger partial charge in [-0.05, 0) is 47.7 Å². The van der Waals surface area contributed by atoms with Gasteiger partial charge in [0.2, 0.25) is 0 Å². The average Bonchev–Trinajstić information content (AvgIpc) is 2.58. The molecule has 0 heterocycles. The molecule has 0 aliphatic carbocycles. The van der Waals surface area contributed by atoms with Crippen LogP contribution in [0, 0.1) is 0 Å². The van der Waals surface area contributed by atoms with E-state index in [0.29, 0.717) is 6.54 Å². The Balaban J connectivity index is 1.86. The van der Waals surface area contributed by atoms with Crippen molar-refractivity contribution in [2.75, 3.05) is 20.2 Å². The molecule has 23 heavy (non-hydrogen) atoms. The summed E-state index contributed by atoms with van der Waals surface area (Å²) in [5.74, 6) is 0.873. The minimum atomic E-state index is -0.0713. The van der Waals surface area contributed by atoms with Gasteiger partial charge in [-0.2, -0.15) is 0 Å². The maximum atomic E-state index is 11.6. The molecule has 0 bridgehead atoms. The van der Waals surface area contributed by atoms with Gasteiger partial charge in [0.1, 0.15) is 5.75 Å². The molecule has 2 amide bonds. The van der Waals surface area contributed by atoms with Crippen LogP contribution >= 0.6 is 0 Å². The molecule has 2 N–H and O–H groups in total. The Morgan fingerprint density at radius 3 is 2.61 bits per heavy atom. The lowest BCUT2D eigenvalue weighted by molar-refractivity contribution is 0.240. The second kappa shape index (κ2) is 9.03. The number of rotatable bonds is 8. The molecule has 2 aromatic carbocycles. The van der Waals surface area contributed by atoms with E-state index in [9.17, 15) is 4.79 Å². The summed E-state index contributed by atoms with van der Waals surface area (Å²) in [6.45, 7) is 3.53. The zero-order chi connectivity index (χ0) is 16.5. The minimum Gasteiger partial charge on any atom is -0.497 e. The maximum Gasteiger partial charge on any atom is 0.314 e. The molecule has 124 valence electrons. The van der Waals surface area contributed by atoms with Crippen molar-refractivity contribution in [1.82, 2.24) is 10.6 Å². The van der Waals surface area contributed by atoms with Gasteiger partial charge in [-0.25, -0.2) is 4.79 Å². The summed E-state index contributed by atoms with van der Waals surface area (Å²) in [7, 11) is 1.69. The predicted octanol–water partition coefficient (Wildman–Crippen LogP) is 3.88. The van der Waals surface area contributed by atoms with Crippen molar-refractivity contribution in [2.45, 2.75) is 32.6 Å². The van der Waals surface area contributed by atoms with Crippen LogP contribution in [0.25, 0.3) is 10.8 Å². The number of hydrogen-bond acceptors (Lipinski definition) is 2. The fraction of sp³-hybridized carbons (Fsp3) is 0.421. The number of methoxy groups -OCH3 is 1. The lowest BCUT2D eigenvalue weighted by Gasteiger charge is -2.10. The van der Waals surface area contributed by atoms with Crippen LogP contribution in [0.4, 0.5) is 4.79 Å². The summed E-state index contributed by atoms with van der Waals surface area (Å²) in [5.41, 5.74) is 1.29. The topological polar surface area (TPSA) is 50.4 Å². The van der Waals surface area contributed by atoms with E-state index in [1.807, 2.05) is 6.07 Å². The molecule has 0 saturated carbocycles. The number of carbonyl (C=O) groups excluding carboxylic acids is 1. The summed E-state index contributed by atoms with van der Waals surface area (Å²) in [6, 6.07) is 12.4. The Bertz CT molecular complexity index is 640. The zero-order valence-electron chi connectivity index (χ0n) is 14.0. The van der Waals surface area contributed by atoms with E-state index in [-0.39, 0.29) is 6.03 Å². The first-order valence-corrected chi connectivity index (χ1v) is 8.32. The van der Waals surface area contributed by atoms with Gasteiger partial charge in [0.15, 0.2) is 0 Å². The van der Waals surface area contributed by atoms with Crippen molar-refractivity contribution >= 4 is 16.8 Å². The van der Waals surface area contributed by atoms with Gasteiger partial charge in [0.05, 0.1) is 7.11 Å². The van der Waals surface area contributed by atoms with Crippen molar-refractivity contribution in [3.8, 4) is 5.75 Å². The van der Waals surface area contributed by atoms with Crippen LogP contribution in [0.15, 0.2) is 36.4 Å². The quantitative estimate of drug-likeness (QED) is 0.727. The summed E-state index contributed by atoms with van der Waals surface area (Å²) in [6.07, 6.45) is 3.95. The van der Waals surface area contributed by atoms with E-state index in [4.69, 9.17) is 4.74 Å². The molecule has 0 aromatic heterocycles. The third kappa shape index (κ3) is 5.16. The zero-order valence-corrected chi connectivity index (χ0v) is 14.0. The first kappa shape index (κ1) is 17.1. The van der Waals surface area contributed by atoms with Crippen LogP contribution in [0.5, 0.6) is 5.75 Å². The second-order valence-electron chi connectivity index (χ2n) is 5.64. The predicted molar refractivity (Wildman–Crippen MR) is 95.1 cm³/mol. The third-order valence-corrected chi connectivity index (χ3v) is 3.90. The lowest BCUT2D eigenvalue weighted by atomic mass is 10.0. The molecule has 4 nitrogen and oxygen atoms in total.